The van der Waals surface area contributed by atoms with Crippen LogP contribution in [0, 0.1) is 0 Å². The zero-order valence-electron chi connectivity index (χ0n) is 7.61. The van der Waals surface area contributed by atoms with Gasteiger partial charge in [0.25, 0.3) is 0 Å². The molecule has 0 saturated heterocycles. The van der Waals surface area contributed by atoms with E-state index in [1.165, 1.54) is 0 Å². The van der Waals surface area contributed by atoms with E-state index in [9.17, 15) is 4.79 Å². The molecular formula is C11H11ClO2. The molecule has 0 aliphatic rings. The monoisotopic (exact) mass is 210 g/mol. The first-order valence-electron chi connectivity index (χ1n) is 4.30. The lowest BCUT2D eigenvalue weighted by atomic mass is 10.1. The first kappa shape index (κ1) is 10.8. The molecule has 1 N–H and O–H groups in total. The average molecular weight is 211 g/mol. The van der Waals surface area contributed by atoms with Crippen LogP contribution in [0.25, 0.3) is 5.57 Å². The number of carboxylic acid groups (broad SMARTS) is 1. The largest absolute Gasteiger partial charge is 0.478 e. The molecule has 14 heavy (non-hydrogen) atoms. The molecule has 74 valence electrons. The van der Waals surface area contributed by atoms with Crippen LogP contribution in [0.15, 0.2) is 36.4 Å². The molecule has 0 fully saturated rings. The predicted molar refractivity (Wildman–Crippen MR) is 57.4 cm³/mol. The van der Waals surface area contributed by atoms with Crippen LogP contribution >= 0.6 is 11.6 Å². The summed E-state index contributed by atoms with van der Waals surface area (Å²) in [5.41, 5.74) is 1.02. The smallest absolute Gasteiger partial charge is 0.335 e. The number of allylic oxidation sites excluding steroid dienone is 1. The van der Waals surface area contributed by atoms with Crippen molar-refractivity contribution in [3.63, 3.8) is 0 Å². The van der Waals surface area contributed by atoms with Crippen LogP contribution in [0.5, 0.6) is 0 Å². The Kier molecular flexibility index (Phi) is 4.20. The molecule has 3 heteroatoms. The number of halogens is 1. The average Bonchev–Trinajstić information content (AvgIpc) is 2.19. The summed E-state index contributed by atoms with van der Waals surface area (Å²) in [5, 5.41) is 8.94. The summed E-state index contributed by atoms with van der Waals surface area (Å²) < 4.78 is 0. The molecule has 1 aromatic carbocycles. The summed E-state index contributed by atoms with van der Waals surface area (Å²) in [5.74, 6) is -0.481. The van der Waals surface area contributed by atoms with Crippen LogP contribution < -0.4 is 0 Å². The Bertz CT molecular complexity index is 330. The normalized spacial score (nSPS) is 11.4. The summed E-state index contributed by atoms with van der Waals surface area (Å²) in [7, 11) is 0. The molecule has 0 unspecified atom stereocenters. The number of hydrogen-bond donors (Lipinski definition) is 1. The van der Waals surface area contributed by atoms with Gasteiger partial charge in [0.2, 0.25) is 0 Å². The second kappa shape index (κ2) is 5.45. The van der Waals surface area contributed by atoms with Crippen molar-refractivity contribution in [1.29, 1.82) is 0 Å². The van der Waals surface area contributed by atoms with Crippen LogP contribution in [0.2, 0.25) is 0 Å². The van der Waals surface area contributed by atoms with Gasteiger partial charge in [-0.2, -0.15) is 0 Å². The Labute approximate surface area is 87.8 Å². The zero-order chi connectivity index (χ0) is 10.4. The van der Waals surface area contributed by atoms with Gasteiger partial charge in [-0.1, -0.05) is 36.4 Å². The number of carbonyl (C=O) groups is 1. The number of benzene rings is 1. The van der Waals surface area contributed by atoms with Crippen molar-refractivity contribution in [2.75, 3.05) is 5.88 Å². The molecule has 0 atom stereocenters. The lowest BCUT2D eigenvalue weighted by Crippen LogP contribution is -1.99. The quantitative estimate of drug-likeness (QED) is 0.613. The first-order chi connectivity index (χ1) is 6.75. The molecule has 0 aromatic heterocycles. The molecule has 2 nitrogen and oxygen atoms in total. The number of carboxylic acids is 1. The summed E-state index contributed by atoms with van der Waals surface area (Å²) >= 11 is 5.50. The fraction of sp³-hybridized carbons (Fsp3) is 0.182. The molecular weight excluding hydrogens is 200 g/mol. The maximum atomic E-state index is 10.9. The Hall–Kier alpha value is -1.28. The summed E-state index contributed by atoms with van der Waals surface area (Å²) in [4.78, 5) is 10.9. The van der Waals surface area contributed by atoms with E-state index in [-0.39, 0.29) is 0 Å². The van der Waals surface area contributed by atoms with E-state index in [4.69, 9.17) is 16.7 Å². The van der Waals surface area contributed by atoms with Gasteiger partial charge in [-0.15, -0.1) is 11.6 Å². The predicted octanol–water partition coefficient (Wildman–Crippen LogP) is 2.78. The van der Waals surface area contributed by atoms with Crippen molar-refractivity contribution in [2.45, 2.75) is 6.42 Å². The van der Waals surface area contributed by atoms with E-state index < -0.39 is 5.97 Å². The van der Waals surface area contributed by atoms with E-state index in [1.807, 2.05) is 18.2 Å². The molecule has 0 aliphatic carbocycles. The van der Waals surface area contributed by atoms with Crippen molar-refractivity contribution in [3.8, 4) is 0 Å². The Morgan fingerprint density at radius 1 is 1.36 bits per heavy atom. The second-order valence-electron chi connectivity index (χ2n) is 2.77. The Morgan fingerprint density at radius 2 is 2.00 bits per heavy atom. The highest BCUT2D eigenvalue weighted by molar-refractivity contribution is 6.18. The van der Waals surface area contributed by atoms with Gasteiger partial charge < -0.3 is 5.11 Å². The summed E-state index contributed by atoms with van der Waals surface area (Å²) in [6.45, 7) is 0. The topological polar surface area (TPSA) is 37.3 Å². The molecule has 0 bridgehead atoms. The minimum absolute atomic E-state index is 0.311. The Morgan fingerprint density at radius 3 is 2.50 bits per heavy atom. The highest BCUT2D eigenvalue weighted by Crippen LogP contribution is 2.14. The van der Waals surface area contributed by atoms with Gasteiger partial charge in [-0.25, -0.2) is 4.79 Å². The van der Waals surface area contributed by atoms with E-state index >= 15 is 0 Å². The minimum Gasteiger partial charge on any atom is -0.478 e. The number of aliphatic carboxylic acids is 1. The maximum Gasteiger partial charge on any atom is 0.335 e. The van der Waals surface area contributed by atoms with E-state index in [0.29, 0.717) is 23.4 Å². The third-order valence-corrected chi connectivity index (χ3v) is 1.99. The van der Waals surface area contributed by atoms with Crippen LogP contribution in [0.3, 0.4) is 0 Å². The zero-order valence-corrected chi connectivity index (χ0v) is 8.37. The molecule has 0 aliphatic heterocycles. The molecule has 0 heterocycles. The van der Waals surface area contributed by atoms with E-state index in [1.54, 1.807) is 18.2 Å². The number of alkyl halides is 1. The number of rotatable bonds is 4. The highest BCUT2D eigenvalue weighted by atomic mass is 35.5. The van der Waals surface area contributed by atoms with Crippen molar-refractivity contribution >= 4 is 23.1 Å². The molecule has 0 saturated carbocycles. The van der Waals surface area contributed by atoms with E-state index in [0.717, 1.165) is 0 Å². The maximum absolute atomic E-state index is 10.9. The minimum atomic E-state index is -0.915. The molecule has 0 spiro atoms. The SMILES string of the molecule is O=C(O)C(=CCCCl)c1ccccc1. The van der Waals surface area contributed by atoms with Crippen molar-refractivity contribution in [3.05, 3.63) is 42.0 Å². The second-order valence-corrected chi connectivity index (χ2v) is 3.14. The molecule has 1 aromatic rings. The fourth-order valence-electron chi connectivity index (χ4n) is 1.15. The van der Waals surface area contributed by atoms with Crippen molar-refractivity contribution in [2.24, 2.45) is 0 Å². The van der Waals surface area contributed by atoms with Crippen LogP contribution in [-0.2, 0) is 4.79 Å². The fourth-order valence-corrected chi connectivity index (χ4v) is 1.25. The van der Waals surface area contributed by atoms with Gasteiger partial charge in [-0.05, 0) is 12.0 Å². The van der Waals surface area contributed by atoms with Crippen LogP contribution in [-0.4, -0.2) is 17.0 Å². The van der Waals surface area contributed by atoms with Crippen LogP contribution in [0.1, 0.15) is 12.0 Å². The highest BCUT2D eigenvalue weighted by Gasteiger charge is 2.08. The molecule has 0 amide bonds. The molecule has 1 rings (SSSR count). The summed E-state index contributed by atoms with van der Waals surface area (Å²) in [6.07, 6.45) is 2.21. The van der Waals surface area contributed by atoms with Crippen LogP contribution in [0.4, 0.5) is 0 Å². The standard InChI is InChI=1S/C11H11ClO2/c12-8-4-7-10(11(13)14)9-5-2-1-3-6-9/h1-3,5-7H,4,8H2,(H,13,14). The van der Waals surface area contributed by atoms with E-state index in [2.05, 4.69) is 0 Å². The third kappa shape index (κ3) is 2.89. The van der Waals surface area contributed by atoms with Crippen molar-refractivity contribution in [1.82, 2.24) is 0 Å². The number of hydrogen-bond acceptors (Lipinski definition) is 1. The molecule has 0 radical (unpaired) electrons. The van der Waals surface area contributed by atoms with Gasteiger partial charge in [-0.3, -0.25) is 0 Å². The lowest BCUT2D eigenvalue weighted by molar-refractivity contribution is -0.130. The van der Waals surface area contributed by atoms with Gasteiger partial charge in [0.1, 0.15) is 0 Å². The lowest BCUT2D eigenvalue weighted by Gasteiger charge is -2.01. The Balaban J connectivity index is 2.95. The third-order valence-electron chi connectivity index (χ3n) is 1.77. The van der Waals surface area contributed by atoms with Gasteiger partial charge in [0.05, 0.1) is 5.57 Å². The van der Waals surface area contributed by atoms with Gasteiger partial charge >= 0.3 is 5.97 Å². The van der Waals surface area contributed by atoms with Gasteiger partial charge in [0.15, 0.2) is 0 Å². The first-order valence-corrected chi connectivity index (χ1v) is 4.84. The summed E-state index contributed by atoms with van der Waals surface area (Å²) in [6, 6.07) is 9.02. The van der Waals surface area contributed by atoms with Gasteiger partial charge in [0, 0.05) is 5.88 Å². The van der Waals surface area contributed by atoms with Crippen molar-refractivity contribution < 1.29 is 9.90 Å².